The number of amides is 1. The van der Waals surface area contributed by atoms with E-state index in [1.807, 2.05) is 11.0 Å². The third-order valence-electron chi connectivity index (χ3n) is 4.99. The van der Waals surface area contributed by atoms with Crippen LogP contribution in [-0.2, 0) is 0 Å². The van der Waals surface area contributed by atoms with Crippen molar-refractivity contribution in [1.29, 1.82) is 0 Å². The van der Waals surface area contributed by atoms with E-state index in [0.29, 0.717) is 17.7 Å². The SMILES string of the molecule is O=C(c1ccc(-n2cnnn2)cn1)N1CCCC(C2CCCN2)C1. The summed E-state index contributed by atoms with van der Waals surface area (Å²) in [6, 6.07) is 4.13. The van der Waals surface area contributed by atoms with Crippen LogP contribution in [-0.4, -0.2) is 61.7 Å². The molecule has 0 saturated carbocycles. The Balaban J connectivity index is 1.44. The van der Waals surface area contributed by atoms with Gasteiger partial charge in [0, 0.05) is 19.1 Å². The maximum absolute atomic E-state index is 12.8. The minimum atomic E-state index is 0.0148. The maximum atomic E-state index is 12.8. The zero-order valence-electron chi connectivity index (χ0n) is 13.5. The molecule has 0 aromatic carbocycles. The van der Waals surface area contributed by atoms with Gasteiger partial charge in [-0.3, -0.25) is 4.79 Å². The standard InChI is InChI=1S/C16H21N7O/c24-16(15-6-5-13(9-18-15)23-11-19-20-21-23)22-8-2-3-12(10-22)14-4-1-7-17-14/h5-6,9,11-12,14,17H,1-4,7-8,10H2. The van der Waals surface area contributed by atoms with Gasteiger partial charge in [-0.15, -0.1) is 5.10 Å². The number of nitrogens with one attached hydrogen (secondary N) is 1. The van der Waals surface area contributed by atoms with Crippen LogP contribution in [0.5, 0.6) is 0 Å². The Morgan fingerprint density at radius 3 is 2.92 bits per heavy atom. The molecular formula is C16H21N7O. The van der Waals surface area contributed by atoms with E-state index in [-0.39, 0.29) is 5.91 Å². The van der Waals surface area contributed by atoms with Crippen molar-refractivity contribution in [2.24, 2.45) is 5.92 Å². The molecule has 4 rings (SSSR count). The smallest absolute Gasteiger partial charge is 0.272 e. The van der Waals surface area contributed by atoms with Crippen LogP contribution < -0.4 is 5.32 Å². The van der Waals surface area contributed by atoms with Gasteiger partial charge in [0.2, 0.25) is 0 Å². The molecule has 2 atom stereocenters. The Labute approximate surface area is 140 Å². The molecule has 2 aliphatic heterocycles. The molecule has 2 fully saturated rings. The highest BCUT2D eigenvalue weighted by Crippen LogP contribution is 2.25. The predicted molar refractivity (Wildman–Crippen MR) is 86.6 cm³/mol. The lowest BCUT2D eigenvalue weighted by Crippen LogP contribution is -2.46. The zero-order chi connectivity index (χ0) is 16.4. The van der Waals surface area contributed by atoms with Crippen molar-refractivity contribution < 1.29 is 4.79 Å². The summed E-state index contributed by atoms with van der Waals surface area (Å²) >= 11 is 0. The van der Waals surface area contributed by atoms with Gasteiger partial charge in [-0.05, 0) is 60.7 Å². The summed E-state index contributed by atoms with van der Waals surface area (Å²) in [5, 5.41) is 14.6. The molecule has 126 valence electrons. The molecule has 1 N–H and O–H groups in total. The third kappa shape index (κ3) is 3.01. The average molecular weight is 327 g/mol. The molecule has 4 heterocycles. The van der Waals surface area contributed by atoms with Crippen molar-refractivity contribution in [2.75, 3.05) is 19.6 Å². The fourth-order valence-electron chi connectivity index (χ4n) is 3.73. The second kappa shape index (κ2) is 6.64. The van der Waals surface area contributed by atoms with E-state index in [0.717, 1.165) is 31.7 Å². The highest BCUT2D eigenvalue weighted by atomic mass is 16.2. The molecule has 2 saturated heterocycles. The van der Waals surface area contributed by atoms with Gasteiger partial charge in [-0.2, -0.15) is 4.68 Å². The van der Waals surface area contributed by atoms with Gasteiger partial charge in [-0.25, -0.2) is 4.98 Å². The van der Waals surface area contributed by atoms with Crippen LogP contribution in [0.3, 0.4) is 0 Å². The van der Waals surface area contributed by atoms with Crippen LogP contribution in [0.1, 0.15) is 36.2 Å². The summed E-state index contributed by atoms with van der Waals surface area (Å²) < 4.78 is 1.52. The van der Waals surface area contributed by atoms with Crippen LogP contribution >= 0.6 is 0 Å². The fraction of sp³-hybridized carbons (Fsp3) is 0.562. The second-order valence-corrected chi connectivity index (χ2v) is 6.51. The Morgan fingerprint density at radius 2 is 2.21 bits per heavy atom. The third-order valence-corrected chi connectivity index (χ3v) is 4.99. The van der Waals surface area contributed by atoms with Crippen molar-refractivity contribution in [2.45, 2.75) is 31.7 Å². The van der Waals surface area contributed by atoms with E-state index in [1.54, 1.807) is 12.3 Å². The molecular weight excluding hydrogens is 306 g/mol. The van der Waals surface area contributed by atoms with Crippen LogP contribution in [0.25, 0.3) is 5.69 Å². The van der Waals surface area contributed by atoms with Gasteiger partial charge < -0.3 is 10.2 Å². The van der Waals surface area contributed by atoms with Gasteiger partial charge in [0.05, 0.1) is 11.9 Å². The topological polar surface area (TPSA) is 88.8 Å². The molecule has 1 amide bonds. The van der Waals surface area contributed by atoms with Gasteiger partial charge in [0.25, 0.3) is 5.91 Å². The van der Waals surface area contributed by atoms with Gasteiger partial charge in [-0.1, -0.05) is 0 Å². The van der Waals surface area contributed by atoms with Gasteiger partial charge >= 0.3 is 0 Å². The molecule has 8 heteroatoms. The number of pyridine rings is 1. The number of likely N-dealkylation sites (tertiary alicyclic amines) is 1. The summed E-state index contributed by atoms with van der Waals surface area (Å²) in [6.07, 6.45) is 7.87. The van der Waals surface area contributed by atoms with Crippen LogP contribution in [0, 0.1) is 5.92 Å². The van der Waals surface area contributed by atoms with Crippen molar-refractivity contribution in [1.82, 2.24) is 35.4 Å². The summed E-state index contributed by atoms with van der Waals surface area (Å²) in [4.78, 5) is 19.0. The molecule has 0 aliphatic carbocycles. The predicted octanol–water partition coefficient (Wildman–Crippen LogP) is 0.662. The first kappa shape index (κ1) is 15.2. The summed E-state index contributed by atoms with van der Waals surface area (Å²) in [5.74, 6) is 0.576. The molecule has 8 nitrogen and oxygen atoms in total. The number of piperidine rings is 1. The minimum Gasteiger partial charge on any atom is -0.337 e. The van der Waals surface area contributed by atoms with E-state index in [4.69, 9.17) is 0 Å². The Morgan fingerprint density at radius 1 is 1.25 bits per heavy atom. The van der Waals surface area contributed by atoms with Crippen LogP contribution in [0.15, 0.2) is 24.7 Å². The lowest BCUT2D eigenvalue weighted by molar-refractivity contribution is 0.0645. The van der Waals surface area contributed by atoms with E-state index < -0.39 is 0 Å². The Bertz CT molecular complexity index is 679. The highest BCUT2D eigenvalue weighted by molar-refractivity contribution is 5.92. The highest BCUT2D eigenvalue weighted by Gasteiger charge is 2.31. The number of nitrogens with zero attached hydrogens (tertiary/aromatic N) is 6. The Kier molecular flexibility index (Phi) is 4.20. The van der Waals surface area contributed by atoms with Crippen molar-refractivity contribution >= 4 is 5.91 Å². The maximum Gasteiger partial charge on any atom is 0.272 e. The molecule has 2 unspecified atom stereocenters. The molecule has 0 radical (unpaired) electrons. The lowest BCUT2D eigenvalue weighted by atomic mass is 9.89. The molecule has 2 aromatic heterocycles. The van der Waals surface area contributed by atoms with Crippen LogP contribution in [0.4, 0.5) is 0 Å². The molecule has 2 aromatic rings. The summed E-state index contributed by atoms with van der Waals surface area (Å²) in [5.41, 5.74) is 1.22. The molecule has 0 bridgehead atoms. The molecule has 2 aliphatic rings. The largest absolute Gasteiger partial charge is 0.337 e. The number of aromatic nitrogens is 5. The molecule has 0 spiro atoms. The fourth-order valence-corrected chi connectivity index (χ4v) is 3.73. The first-order valence-corrected chi connectivity index (χ1v) is 8.53. The Hall–Kier alpha value is -2.35. The number of carbonyl (C=O) groups is 1. The number of tetrazole rings is 1. The van der Waals surface area contributed by atoms with Gasteiger partial charge in [0.15, 0.2) is 0 Å². The van der Waals surface area contributed by atoms with Crippen molar-refractivity contribution in [3.05, 3.63) is 30.4 Å². The quantitative estimate of drug-likeness (QED) is 0.891. The molecule has 24 heavy (non-hydrogen) atoms. The first-order valence-electron chi connectivity index (χ1n) is 8.53. The summed E-state index contributed by atoms with van der Waals surface area (Å²) in [7, 11) is 0. The van der Waals surface area contributed by atoms with Gasteiger partial charge in [0.1, 0.15) is 12.0 Å². The normalized spacial score (nSPS) is 24.2. The number of hydrogen-bond donors (Lipinski definition) is 1. The lowest BCUT2D eigenvalue weighted by Gasteiger charge is -2.35. The zero-order valence-corrected chi connectivity index (χ0v) is 13.5. The monoisotopic (exact) mass is 327 g/mol. The van der Waals surface area contributed by atoms with E-state index in [9.17, 15) is 4.79 Å². The summed E-state index contributed by atoms with van der Waals surface area (Å²) in [6.45, 7) is 2.75. The number of hydrogen-bond acceptors (Lipinski definition) is 6. The van der Waals surface area contributed by atoms with Crippen LogP contribution in [0.2, 0.25) is 0 Å². The van der Waals surface area contributed by atoms with Crippen molar-refractivity contribution in [3.8, 4) is 5.69 Å². The first-order chi connectivity index (χ1) is 11.8. The van der Waals surface area contributed by atoms with E-state index in [1.165, 1.54) is 30.3 Å². The number of carbonyl (C=O) groups excluding carboxylic acids is 1. The number of rotatable bonds is 3. The minimum absolute atomic E-state index is 0.0148. The van der Waals surface area contributed by atoms with Crippen molar-refractivity contribution in [3.63, 3.8) is 0 Å². The average Bonchev–Trinajstić information content (AvgIpc) is 3.35. The van der Waals surface area contributed by atoms with E-state index >= 15 is 0 Å². The second-order valence-electron chi connectivity index (χ2n) is 6.51. The van der Waals surface area contributed by atoms with E-state index in [2.05, 4.69) is 25.8 Å².